The van der Waals surface area contributed by atoms with Gasteiger partial charge in [-0.25, -0.2) is 9.59 Å². The van der Waals surface area contributed by atoms with E-state index in [1.807, 2.05) is 17.9 Å². The molecule has 2 N–H and O–H groups in total. The lowest BCUT2D eigenvalue weighted by Crippen LogP contribution is -2.45. The second-order valence-corrected chi connectivity index (χ2v) is 8.77. The summed E-state index contributed by atoms with van der Waals surface area (Å²) >= 11 is 0. The first kappa shape index (κ1) is 31.6. The third-order valence-corrected chi connectivity index (χ3v) is 5.81. The molecule has 1 aromatic heterocycles. The first-order valence-electron chi connectivity index (χ1n) is 11.1. The van der Waals surface area contributed by atoms with E-state index < -0.39 is 24.3 Å². The van der Waals surface area contributed by atoms with Crippen molar-refractivity contribution < 1.29 is 50.9 Å². The van der Waals surface area contributed by atoms with Crippen LogP contribution in [0, 0.1) is 5.92 Å². The zero-order chi connectivity index (χ0) is 27.7. The predicted octanol–water partition coefficient (Wildman–Crippen LogP) is 2.66. The molecule has 2 fully saturated rings. The number of likely N-dealkylation sites (tertiary alicyclic amines) is 1. The van der Waals surface area contributed by atoms with Crippen molar-refractivity contribution in [2.75, 3.05) is 40.4 Å². The monoisotopic (exact) mass is 534 g/mol. The Labute approximate surface area is 204 Å². The van der Waals surface area contributed by atoms with E-state index in [1.165, 1.54) is 37.9 Å². The zero-order valence-electron chi connectivity index (χ0n) is 20.2. The molecule has 3 rings (SSSR count). The number of carbonyl (C=O) groups is 2. The van der Waals surface area contributed by atoms with Gasteiger partial charge in [0.2, 0.25) is 0 Å². The summed E-state index contributed by atoms with van der Waals surface area (Å²) in [5.41, 5.74) is 1.36. The van der Waals surface area contributed by atoms with E-state index in [4.69, 9.17) is 24.5 Å². The molecule has 0 unspecified atom stereocenters. The fourth-order valence-corrected chi connectivity index (χ4v) is 4.07. The van der Waals surface area contributed by atoms with Gasteiger partial charge in [0.1, 0.15) is 0 Å². The lowest BCUT2D eigenvalue weighted by Gasteiger charge is -2.34. The summed E-state index contributed by atoms with van der Waals surface area (Å²) in [6, 6.07) is 1.27. The first-order valence-corrected chi connectivity index (χ1v) is 11.1. The Hall–Kier alpha value is -2.39. The van der Waals surface area contributed by atoms with Crippen molar-refractivity contribution in [3.8, 4) is 0 Å². The zero-order valence-corrected chi connectivity index (χ0v) is 20.2. The van der Waals surface area contributed by atoms with Crippen molar-refractivity contribution >= 4 is 11.9 Å². The fraction of sp³-hybridized carbons (Fsp3) is 0.762. The Kier molecular flexibility index (Phi) is 12.1. The molecule has 1 aromatic rings. The van der Waals surface area contributed by atoms with Gasteiger partial charge in [0.05, 0.1) is 6.20 Å². The number of rotatable bonds is 5. The Balaban J connectivity index is 0.000000383. The number of carboxylic acids is 2. The Morgan fingerprint density at radius 1 is 1.06 bits per heavy atom. The van der Waals surface area contributed by atoms with Gasteiger partial charge < -0.3 is 19.8 Å². The molecule has 0 amide bonds. The number of hydrogen-bond acceptors (Lipinski definition) is 6. The van der Waals surface area contributed by atoms with Crippen molar-refractivity contribution in [1.82, 2.24) is 19.6 Å². The van der Waals surface area contributed by atoms with E-state index in [0.717, 1.165) is 25.6 Å². The molecular weight excluding hydrogens is 502 g/mol. The molecule has 2 atom stereocenters. The Bertz CT molecular complexity index is 800. The van der Waals surface area contributed by atoms with Gasteiger partial charge in [0.25, 0.3) is 0 Å². The molecule has 0 spiro atoms. The van der Waals surface area contributed by atoms with Gasteiger partial charge in [-0.05, 0) is 51.3 Å². The first-order chi connectivity index (χ1) is 16.5. The van der Waals surface area contributed by atoms with Crippen molar-refractivity contribution in [3.05, 3.63) is 18.0 Å². The van der Waals surface area contributed by atoms with Crippen LogP contribution in [0.5, 0.6) is 0 Å². The number of nitrogens with zero attached hydrogens (tertiary/aromatic N) is 4. The van der Waals surface area contributed by atoms with E-state index in [0.29, 0.717) is 12.1 Å². The van der Waals surface area contributed by atoms with Gasteiger partial charge in [-0.2, -0.15) is 31.4 Å². The summed E-state index contributed by atoms with van der Waals surface area (Å²) in [5.74, 6) is -4.70. The molecule has 0 aliphatic carbocycles. The van der Waals surface area contributed by atoms with Crippen molar-refractivity contribution in [2.45, 2.75) is 50.1 Å². The van der Waals surface area contributed by atoms with E-state index >= 15 is 0 Å². The van der Waals surface area contributed by atoms with Gasteiger partial charge in [0.15, 0.2) is 0 Å². The highest BCUT2D eigenvalue weighted by Crippen LogP contribution is 2.28. The topological polar surface area (TPSA) is 108 Å². The number of likely N-dealkylation sites (N-methyl/N-ethyl adjacent to an activating group) is 1. The number of hydrogen-bond donors (Lipinski definition) is 2. The van der Waals surface area contributed by atoms with Gasteiger partial charge in [-0.15, -0.1) is 0 Å². The lowest BCUT2D eigenvalue weighted by molar-refractivity contribution is -0.193. The predicted molar refractivity (Wildman–Crippen MR) is 115 cm³/mol. The summed E-state index contributed by atoms with van der Waals surface area (Å²) < 4.78 is 70.9. The van der Waals surface area contributed by atoms with Crippen LogP contribution < -0.4 is 0 Å². The maximum Gasteiger partial charge on any atom is 0.490 e. The lowest BCUT2D eigenvalue weighted by atomic mass is 9.97. The Morgan fingerprint density at radius 3 is 1.94 bits per heavy atom. The number of halogens is 6. The van der Waals surface area contributed by atoms with Crippen molar-refractivity contribution in [2.24, 2.45) is 13.0 Å². The fourth-order valence-electron chi connectivity index (χ4n) is 4.07. The molecule has 2 saturated heterocycles. The molecule has 208 valence electrons. The van der Waals surface area contributed by atoms with Gasteiger partial charge >= 0.3 is 24.3 Å². The summed E-state index contributed by atoms with van der Waals surface area (Å²) in [6.45, 7) is 4.36. The highest BCUT2D eigenvalue weighted by Gasteiger charge is 2.39. The largest absolute Gasteiger partial charge is 0.490 e. The second-order valence-electron chi connectivity index (χ2n) is 8.77. The molecule has 36 heavy (non-hydrogen) atoms. The number of aliphatic carboxylic acids is 2. The molecule has 0 saturated carbocycles. The molecule has 9 nitrogen and oxygen atoms in total. The second kappa shape index (κ2) is 13.8. The van der Waals surface area contributed by atoms with Crippen LogP contribution in [0.3, 0.4) is 0 Å². The molecule has 0 bridgehead atoms. The number of aryl methyl sites for hydroxylation is 1. The highest BCUT2D eigenvalue weighted by molar-refractivity contribution is 5.73. The standard InChI is InChI=1S/C17H30N4O.2C2HF3O2/c1-19(2)16-4-7-21(13-14-5-8-22-9-6-14)17(16)10-15-11-18-20(3)12-15;2*3-2(4,5)1(6)7/h11-12,14,16-17H,4-10,13H2,1-3H3;2*(H,6,7)/t16-,17+;;/m1../s1. The van der Waals surface area contributed by atoms with Crippen molar-refractivity contribution in [1.29, 1.82) is 0 Å². The maximum absolute atomic E-state index is 10.6. The average Bonchev–Trinajstić information content (AvgIpc) is 3.34. The van der Waals surface area contributed by atoms with E-state index in [-0.39, 0.29) is 0 Å². The van der Waals surface area contributed by atoms with Gasteiger partial charge in [0, 0.05) is 51.6 Å². The van der Waals surface area contributed by atoms with Crippen LogP contribution in [0.25, 0.3) is 0 Å². The van der Waals surface area contributed by atoms with Crippen LogP contribution in [0.2, 0.25) is 0 Å². The SMILES string of the molecule is CN(C)[C@@H]1CCN(CC2CCOCC2)[C@H]1Cc1cnn(C)c1.O=C(O)C(F)(F)F.O=C(O)C(F)(F)F. The third-order valence-electron chi connectivity index (χ3n) is 5.81. The average molecular weight is 534 g/mol. The maximum atomic E-state index is 10.6. The molecule has 15 heteroatoms. The molecule has 2 aliphatic rings. The van der Waals surface area contributed by atoms with E-state index in [9.17, 15) is 26.3 Å². The minimum atomic E-state index is -5.08. The molecule has 0 radical (unpaired) electrons. The number of alkyl halides is 6. The van der Waals surface area contributed by atoms with Gasteiger partial charge in [-0.3, -0.25) is 9.58 Å². The smallest absolute Gasteiger partial charge is 0.475 e. The van der Waals surface area contributed by atoms with Crippen LogP contribution in [0.1, 0.15) is 24.8 Å². The molecule has 3 heterocycles. The van der Waals surface area contributed by atoms with E-state index in [1.54, 1.807) is 0 Å². The molecule has 2 aliphatic heterocycles. The summed E-state index contributed by atoms with van der Waals surface area (Å²) in [4.78, 5) is 22.9. The summed E-state index contributed by atoms with van der Waals surface area (Å²) in [7, 11) is 6.44. The normalized spacial score (nSPS) is 21.4. The number of ether oxygens (including phenoxy) is 1. The third kappa shape index (κ3) is 11.1. The minimum Gasteiger partial charge on any atom is -0.475 e. The molecule has 0 aromatic carbocycles. The quantitative estimate of drug-likeness (QED) is 0.556. The highest BCUT2D eigenvalue weighted by atomic mass is 19.4. The van der Waals surface area contributed by atoms with Gasteiger partial charge in [-0.1, -0.05) is 0 Å². The number of carboxylic acid groups (broad SMARTS) is 2. The van der Waals surface area contributed by atoms with Crippen molar-refractivity contribution in [3.63, 3.8) is 0 Å². The van der Waals surface area contributed by atoms with E-state index in [2.05, 4.69) is 35.2 Å². The summed E-state index contributed by atoms with van der Waals surface area (Å²) in [5, 5.41) is 18.6. The minimum absolute atomic E-state index is 0.613. The Morgan fingerprint density at radius 2 is 1.56 bits per heavy atom. The number of aromatic nitrogens is 2. The summed E-state index contributed by atoms with van der Waals surface area (Å²) in [6.07, 6.45) is -1.14. The van der Waals surface area contributed by atoms with Crippen LogP contribution in [0.4, 0.5) is 26.3 Å². The van der Waals surface area contributed by atoms with Crippen LogP contribution in [-0.4, -0.2) is 107 Å². The molecular formula is C21H32F6N4O5. The van der Waals surface area contributed by atoms with Crippen LogP contribution >= 0.6 is 0 Å². The van der Waals surface area contributed by atoms with Crippen LogP contribution in [0.15, 0.2) is 12.4 Å². The van der Waals surface area contributed by atoms with Crippen LogP contribution in [-0.2, 0) is 27.8 Å².